The van der Waals surface area contributed by atoms with E-state index >= 15 is 0 Å². The molecule has 15 atom stereocenters. The van der Waals surface area contributed by atoms with Crippen LogP contribution in [0.4, 0.5) is 0 Å². The first-order chi connectivity index (χ1) is 17.2. The maximum atomic E-state index is 11.4. The molecule has 3 aliphatic heterocycles. The van der Waals surface area contributed by atoms with Crippen molar-refractivity contribution in [2.75, 3.05) is 19.4 Å². The molecule has 0 spiro atoms. The lowest BCUT2D eigenvalue weighted by Crippen LogP contribution is -2.66. The summed E-state index contributed by atoms with van der Waals surface area (Å²) in [6.07, 6.45) is -28.6. The fourth-order valence-electron chi connectivity index (χ4n) is 4.28. The standard InChI is InChI=1S/C18H33O18P/c19-1-4-8(22)14(12(26)16(28)32-4)35-18-13(27)15(9(23)5(2-20)33-18)36-17-11(25)10(24)7(21)6(34-17)3-37(29,30)31/h4-28H,1-3H2,(H2,29,30,31)/t4-,5-,6-,7-,8-,9-,10+,11+,12+,13+,14+,15+,16+,17-,18-/m1/s1. The lowest BCUT2D eigenvalue weighted by molar-refractivity contribution is -0.377. The van der Waals surface area contributed by atoms with E-state index in [0.717, 1.165) is 0 Å². The molecule has 0 aromatic carbocycles. The predicted molar refractivity (Wildman–Crippen MR) is 111 cm³/mol. The van der Waals surface area contributed by atoms with Crippen molar-refractivity contribution in [3.8, 4) is 0 Å². The lowest BCUT2D eigenvalue weighted by Gasteiger charge is -2.48. The molecule has 37 heavy (non-hydrogen) atoms. The van der Waals surface area contributed by atoms with Crippen LogP contribution >= 0.6 is 7.60 Å². The second-order valence-electron chi connectivity index (χ2n) is 9.00. The van der Waals surface area contributed by atoms with Crippen molar-refractivity contribution in [3.63, 3.8) is 0 Å². The minimum Gasteiger partial charge on any atom is -0.394 e. The molecule has 0 bridgehead atoms. The van der Waals surface area contributed by atoms with Gasteiger partial charge in [0.15, 0.2) is 18.9 Å². The molecular weight excluding hydrogens is 535 g/mol. The fraction of sp³-hybridized carbons (Fsp3) is 1.00. The molecule has 0 saturated carbocycles. The highest BCUT2D eigenvalue weighted by molar-refractivity contribution is 7.51. The Morgan fingerprint density at radius 2 is 1.03 bits per heavy atom. The highest BCUT2D eigenvalue weighted by Gasteiger charge is 2.53. The molecule has 0 aromatic heterocycles. The smallest absolute Gasteiger partial charge is 0.328 e. The zero-order chi connectivity index (χ0) is 27.8. The van der Waals surface area contributed by atoms with Gasteiger partial charge >= 0.3 is 7.60 Å². The van der Waals surface area contributed by atoms with Crippen LogP contribution in [-0.2, 0) is 28.2 Å². The molecule has 0 amide bonds. The Morgan fingerprint density at radius 3 is 1.54 bits per heavy atom. The quantitative estimate of drug-likeness (QED) is 0.121. The van der Waals surface area contributed by atoms with Crippen molar-refractivity contribution in [1.29, 1.82) is 0 Å². The summed E-state index contributed by atoms with van der Waals surface area (Å²) >= 11 is 0. The van der Waals surface area contributed by atoms with E-state index in [0.29, 0.717) is 0 Å². The van der Waals surface area contributed by atoms with Crippen LogP contribution in [0.15, 0.2) is 0 Å². The van der Waals surface area contributed by atoms with E-state index in [9.17, 15) is 65.4 Å². The summed E-state index contributed by atoms with van der Waals surface area (Å²) in [6, 6.07) is 0. The first kappa shape index (κ1) is 31.1. The average Bonchev–Trinajstić information content (AvgIpc) is 2.83. The zero-order valence-corrected chi connectivity index (χ0v) is 19.9. The molecule has 3 fully saturated rings. The number of aliphatic hydroxyl groups excluding tert-OH is 10. The Balaban J connectivity index is 1.80. The third kappa shape index (κ3) is 6.83. The van der Waals surface area contributed by atoms with Crippen LogP contribution in [-0.4, -0.2) is 172 Å². The van der Waals surface area contributed by atoms with Gasteiger partial charge in [-0.1, -0.05) is 0 Å². The van der Waals surface area contributed by atoms with Crippen LogP contribution in [0.1, 0.15) is 0 Å². The Bertz CT molecular complexity index is 784. The summed E-state index contributed by atoms with van der Waals surface area (Å²) in [5.74, 6) is 0. The summed E-state index contributed by atoms with van der Waals surface area (Å²) in [4.78, 5) is 18.4. The monoisotopic (exact) mass is 568 g/mol. The Morgan fingerprint density at radius 1 is 0.568 bits per heavy atom. The topological polar surface area (TPSA) is 306 Å². The van der Waals surface area contributed by atoms with Crippen LogP contribution in [0.3, 0.4) is 0 Å². The molecular formula is C18H33O18P. The van der Waals surface area contributed by atoms with E-state index in [2.05, 4.69) is 0 Å². The van der Waals surface area contributed by atoms with Gasteiger partial charge in [-0.25, -0.2) is 0 Å². The molecule has 18 nitrogen and oxygen atoms in total. The summed E-state index contributed by atoms with van der Waals surface area (Å²) < 4.78 is 37.5. The van der Waals surface area contributed by atoms with Gasteiger partial charge < -0.3 is 84.5 Å². The zero-order valence-electron chi connectivity index (χ0n) is 19.0. The molecule has 0 aliphatic carbocycles. The molecule has 0 radical (unpaired) electrons. The largest absolute Gasteiger partial charge is 0.394 e. The third-order valence-corrected chi connectivity index (χ3v) is 7.17. The van der Waals surface area contributed by atoms with E-state index in [4.69, 9.17) is 23.7 Å². The highest BCUT2D eigenvalue weighted by atomic mass is 31.2. The van der Waals surface area contributed by atoms with E-state index < -0.39 is 119 Å². The first-order valence-corrected chi connectivity index (χ1v) is 13.0. The second-order valence-corrected chi connectivity index (χ2v) is 10.7. The molecule has 3 heterocycles. The van der Waals surface area contributed by atoms with Gasteiger partial charge in [0.2, 0.25) is 0 Å². The number of rotatable bonds is 8. The number of hydrogen-bond acceptors (Lipinski definition) is 16. The predicted octanol–water partition coefficient (Wildman–Crippen LogP) is -7.39. The van der Waals surface area contributed by atoms with Crippen molar-refractivity contribution in [1.82, 2.24) is 0 Å². The number of aliphatic hydroxyl groups is 10. The minimum atomic E-state index is -4.78. The maximum Gasteiger partial charge on any atom is 0.328 e. The fourth-order valence-corrected chi connectivity index (χ4v) is 5.05. The Hall–Kier alpha value is -0.450. The Labute approximate surface area is 208 Å². The van der Waals surface area contributed by atoms with E-state index in [1.807, 2.05) is 0 Å². The molecule has 3 aliphatic rings. The summed E-state index contributed by atoms with van der Waals surface area (Å²) in [5, 5.41) is 101. The van der Waals surface area contributed by atoms with Crippen LogP contribution in [0.25, 0.3) is 0 Å². The van der Waals surface area contributed by atoms with Gasteiger partial charge in [0.05, 0.1) is 19.4 Å². The van der Waals surface area contributed by atoms with Gasteiger partial charge in [0.25, 0.3) is 0 Å². The maximum absolute atomic E-state index is 11.4. The van der Waals surface area contributed by atoms with Gasteiger partial charge in [-0.3, -0.25) is 4.57 Å². The van der Waals surface area contributed by atoms with Gasteiger partial charge in [0, 0.05) is 0 Å². The van der Waals surface area contributed by atoms with Crippen LogP contribution in [0.5, 0.6) is 0 Å². The summed E-state index contributed by atoms with van der Waals surface area (Å²) in [6.45, 7) is -1.67. The average molecular weight is 568 g/mol. The van der Waals surface area contributed by atoms with Crippen molar-refractivity contribution in [3.05, 3.63) is 0 Å². The number of hydrogen-bond donors (Lipinski definition) is 12. The van der Waals surface area contributed by atoms with Crippen LogP contribution < -0.4 is 0 Å². The van der Waals surface area contributed by atoms with E-state index in [1.165, 1.54) is 0 Å². The van der Waals surface area contributed by atoms with Crippen LogP contribution in [0, 0.1) is 0 Å². The minimum absolute atomic E-state index is 0.788. The van der Waals surface area contributed by atoms with Gasteiger partial charge in [0.1, 0.15) is 73.2 Å². The molecule has 3 rings (SSSR count). The molecule has 12 N–H and O–H groups in total. The summed E-state index contributed by atoms with van der Waals surface area (Å²) in [7, 11) is -4.78. The second kappa shape index (κ2) is 12.4. The first-order valence-electron chi connectivity index (χ1n) is 11.2. The van der Waals surface area contributed by atoms with Crippen molar-refractivity contribution in [2.45, 2.75) is 92.1 Å². The highest BCUT2D eigenvalue weighted by Crippen LogP contribution is 2.39. The van der Waals surface area contributed by atoms with Gasteiger partial charge in [-0.15, -0.1) is 0 Å². The molecule has 218 valence electrons. The third-order valence-electron chi connectivity index (χ3n) is 6.33. The molecule has 3 saturated heterocycles. The van der Waals surface area contributed by atoms with Crippen molar-refractivity contribution >= 4 is 7.60 Å². The molecule has 19 heteroatoms. The molecule has 0 aromatic rings. The SMILES string of the molecule is O=P(O)(O)C[C@H]1O[C@H](O[C@@H]2[C@H](O)[C@@H](O[C@@H]3[C@H](O)[C@@H](O)O[C@H](CO)[C@H]3O)O[C@H](CO)[C@H]2O)[C@@H](O)[C@@H](O)[C@@H]1O. The van der Waals surface area contributed by atoms with Gasteiger partial charge in [-0.2, -0.15) is 0 Å². The van der Waals surface area contributed by atoms with E-state index in [-0.39, 0.29) is 0 Å². The van der Waals surface area contributed by atoms with Crippen LogP contribution in [0.2, 0.25) is 0 Å². The summed E-state index contributed by atoms with van der Waals surface area (Å²) in [5.41, 5.74) is 0. The van der Waals surface area contributed by atoms with Gasteiger partial charge in [-0.05, 0) is 0 Å². The number of ether oxygens (including phenoxy) is 5. The van der Waals surface area contributed by atoms with Crippen molar-refractivity contribution < 1.29 is 89.1 Å². The van der Waals surface area contributed by atoms with Crippen molar-refractivity contribution in [2.24, 2.45) is 0 Å². The Kier molecular flexibility index (Phi) is 10.4. The normalized spacial score (nSPS) is 49.7. The lowest BCUT2D eigenvalue weighted by atomic mass is 9.96. The molecule has 0 unspecified atom stereocenters. The van der Waals surface area contributed by atoms with E-state index in [1.54, 1.807) is 0 Å².